The standard InChI is InChI=1S/C20H35N/c1-7-10-18(11-8-2)20(21-9-3)14-19-16(5)12-15(4)13-17(19)6/h12-13,18,20-21H,7-11,14H2,1-6H3. The van der Waals surface area contributed by atoms with Crippen molar-refractivity contribution in [2.45, 2.75) is 79.7 Å². The second-order valence-corrected chi connectivity index (χ2v) is 6.58. The van der Waals surface area contributed by atoms with Gasteiger partial charge in [0.05, 0.1) is 0 Å². The minimum absolute atomic E-state index is 0.620. The van der Waals surface area contributed by atoms with Gasteiger partial charge in [-0.05, 0) is 69.2 Å². The van der Waals surface area contributed by atoms with Crippen molar-refractivity contribution in [1.29, 1.82) is 0 Å². The van der Waals surface area contributed by atoms with E-state index in [1.807, 2.05) is 0 Å². The molecule has 0 heterocycles. The normalized spacial score (nSPS) is 12.9. The van der Waals surface area contributed by atoms with Crippen molar-refractivity contribution in [3.8, 4) is 0 Å². The fourth-order valence-corrected chi connectivity index (χ4v) is 3.71. The Morgan fingerprint density at radius 2 is 1.43 bits per heavy atom. The molecule has 0 aromatic heterocycles. The van der Waals surface area contributed by atoms with Crippen LogP contribution in [0.4, 0.5) is 0 Å². The molecule has 120 valence electrons. The Morgan fingerprint density at radius 1 is 0.905 bits per heavy atom. The molecular weight excluding hydrogens is 254 g/mol. The van der Waals surface area contributed by atoms with Crippen molar-refractivity contribution < 1.29 is 0 Å². The molecule has 1 aromatic rings. The molecule has 0 saturated heterocycles. The van der Waals surface area contributed by atoms with Gasteiger partial charge in [0.1, 0.15) is 0 Å². The quantitative estimate of drug-likeness (QED) is 0.646. The van der Waals surface area contributed by atoms with Crippen molar-refractivity contribution in [3.05, 3.63) is 34.4 Å². The predicted octanol–water partition coefficient (Wildman–Crippen LogP) is 5.35. The molecule has 1 unspecified atom stereocenters. The number of hydrogen-bond donors (Lipinski definition) is 1. The van der Waals surface area contributed by atoms with E-state index in [0.29, 0.717) is 6.04 Å². The maximum absolute atomic E-state index is 3.77. The lowest BCUT2D eigenvalue weighted by atomic mass is 9.84. The zero-order valence-corrected chi connectivity index (χ0v) is 15.1. The molecule has 0 fully saturated rings. The molecule has 1 atom stereocenters. The highest BCUT2D eigenvalue weighted by atomic mass is 14.9. The second-order valence-electron chi connectivity index (χ2n) is 6.58. The SMILES string of the molecule is CCCC(CCC)C(Cc1c(C)cc(C)cc1C)NCC. The Kier molecular flexibility index (Phi) is 8.03. The first-order valence-electron chi connectivity index (χ1n) is 8.83. The lowest BCUT2D eigenvalue weighted by Gasteiger charge is -2.29. The number of nitrogens with one attached hydrogen (secondary N) is 1. The van der Waals surface area contributed by atoms with E-state index in [1.54, 1.807) is 5.56 Å². The molecule has 0 aliphatic rings. The largest absolute Gasteiger partial charge is 0.314 e. The number of aryl methyl sites for hydroxylation is 3. The smallest absolute Gasteiger partial charge is 0.0136 e. The number of benzene rings is 1. The van der Waals surface area contributed by atoms with Crippen LogP contribution in [-0.4, -0.2) is 12.6 Å². The Balaban J connectivity index is 2.96. The topological polar surface area (TPSA) is 12.0 Å². The Bertz CT molecular complexity index is 393. The Morgan fingerprint density at radius 3 is 1.86 bits per heavy atom. The van der Waals surface area contributed by atoms with E-state index in [0.717, 1.165) is 12.5 Å². The van der Waals surface area contributed by atoms with Crippen LogP contribution >= 0.6 is 0 Å². The molecule has 1 rings (SSSR count). The van der Waals surface area contributed by atoms with Gasteiger partial charge in [-0.15, -0.1) is 0 Å². The molecule has 1 nitrogen and oxygen atoms in total. The van der Waals surface area contributed by atoms with Crippen LogP contribution < -0.4 is 5.32 Å². The lowest BCUT2D eigenvalue weighted by Crippen LogP contribution is -2.38. The highest BCUT2D eigenvalue weighted by Gasteiger charge is 2.21. The summed E-state index contributed by atoms with van der Waals surface area (Å²) in [5, 5.41) is 3.77. The van der Waals surface area contributed by atoms with Gasteiger partial charge in [0.25, 0.3) is 0 Å². The van der Waals surface area contributed by atoms with Gasteiger partial charge in [0, 0.05) is 6.04 Å². The average Bonchev–Trinajstić information content (AvgIpc) is 2.41. The Labute approximate surface area is 132 Å². The summed E-state index contributed by atoms with van der Waals surface area (Å²) in [5.41, 5.74) is 5.86. The first-order valence-corrected chi connectivity index (χ1v) is 8.83. The summed E-state index contributed by atoms with van der Waals surface area (Å²) < 4.78 is 0. The van der Waals surface area contributed by atoms with Crippen LogP contribution in [0, 0.1) is 26.7 Å². The van der Waals surface area contributed by atoms with Crippen molar-refractivity contribution in [1.82, 2.24) is 5.32 Å². The van der Waals surface area contributed by atoms with Crippen molar-refractivity contribution >= 4 is 0 Å². The number of likely N-dealkylation sites (N-methyl/N-ethyl adjacent to an activating group) is 1. The molecule has 0 spiro atoms. The van der Waals surface area contributed by atoms with Gasteiger partial charge < -0.3 is 5.32 Å². The molecule has 0 aliphatic heterocycles. The first-order chi connectivity index (χ1) is 10.0. The van der Waals surface area contributed by atoms with E-state index in [-0.39, 0.29) is 0 Å². The summed E-state index contributed by atoms with van der Waals surface area (Å²) in [6.45, 7) is 14.7. The van der Waals surface area contributed by atoms with Crippen molar-refractivity contribution in [2.75, 3.05) is 6.54 Å². The highest BCUT2D eigenvalue weighted by Crippen LogP contribution is 2.24. The predicted molar refractivity (Wildman–Crippen MR) is 95.1 cm³/mol. The summed E-state index contributed by atoms with van der Waals surface area (Å²) in [7, 11) is 0. The van der Waals surface area contributed by atoms with Crippen LogP contribution in [0.5, 0.6) is 0 Å². The van der Waals surface area contributed by atoms with Crippen LogP contribution in [0.2, 0.25) is 0 Å². The summed E-state index contributed by atoms with van der Waals surface area (Å²) in [6.07, 6.45) is 6.44. The van der Waals surface area contributed by atoms with E-state index in [1.165, 1.54) is 48.8 Å². The van der Waals surface area contributed by atoms with E-state index in [4.69, 9.17) is 0 Å². The molecule has 0 aliphatic carbocycles. The third-order valence-corrected chi connectivity index (χ3v) is 4.62. The third-order valence-electron chi connectivity index (χ3n) is 4.62. The molecule has 1 N–H and O–H groups in total. The number of hydrogen-bond acceptors (Lipinski definition) is 1. The van der Waals surface area contributed by atoms with Crippen molar-refractivity contribution in [3.63, 3.8) is 0 Å². The minimum Gasteiger partial charge on any atom is -0.314 e. The molecule has 1 heteroatoms. The Hall–Kier alpha value is -0.820. The summed E-state index contributed by atoms with van der Waals surface area (Å²) in [5.74, 6) is 0.806. The molecule has 0 amide bonds. The van der Waals surface area contributed by atoms with E-state index < -0.39 is 0 Å². The fourth-order valence-electron chi connectivity index (χ4n) is 3.71. The van der Waals surface area contributed by atoms with Crippen LogP contribution in [0.15, 0.2) is 12.1 Å². The van der Waals surface area contributed by atoms with Gasteiger partial charge in [-0.3, -0.25) is 0 Å². The van der Waals surface area contributed by atoms with Crippen LogP contribution in [0.3, 0.4) is 0 Å². The summed E-state index contributed by atoms with van der Waals surface area (Å²) >= 11 is 0. The van der Waals surface area contributed by atoms with Gasteiger partial charge in [-0.25, -0.2) is 0 Å². The second kappa shape index (κ2) is 9.25. The summed E-state index contributed by atoms with van der Waals surface area (Å²) in [6, 6.07) is 5.29. The lowest BCUT2D eigenvalue weighted by molar-refractivity contribution is 0.312. The maximum Gasteiger partial charge on any atom is 0.0136 e. The van der Waals surface area contributed by atoms with E-state index >= 15 is 0 Å². The van der Waals surface area contributed by atoms with Gasteiger partial charge in [0.15, 0.2) is 0 Å². The first kappa shape index (κ1) is 18.2. The molecule has 0 saturated carbocycles. The van der Waals surface area contributed by atoms with Gasteiger partial charge in [0.2, 0.25) is 0 Å². The average molecular weight is 290 g/mol. The van der Waals surface area contributed by atoms with Gasteiger partial charge in [-0.1, -0.05) is 51.3 Å². The maximum atomic E-state index is 3.77. The van der Waals surface area contributed by atoms with Gasteiger partial charge >= 0.3 is 0 Å². The van der Waals surface area contributed by atoms with E-state index in [9.17, 15) is 0 Å². The van der Waals surface area contributed by atoms with Crippen LogP contribution in [0.25, 0.3) is 0 Å². The molecule has 0 bridgehead atoms. The van der Waals surface area contributed by atoms with Gasteiger partial charge in [-0.2, -0.15) is 0 Å². The molecule has 0 radical (unpaired) electrons. The molecular formula is C20H35N. The monoisotopic (exact) mass is 289 g/mol. The zero-order chi connectivity index (χ0) is 15.8. The summed E-state index contributed by atoms with van der Waals surface area (Å²) in [4.78, 5) is 0. The highest BCUT2D eigenvalue weighted by molar-refractivity contribution is 5.38. The van der Waals surface area contributed by atoms with Crippen molar-refractivity contribution in [2.24, 2.45) is 5.92 Å². The van der Waals surface area contributed by atoms with Crippen LogP contribution in [-0.2, 0) is 6.42 Å². The zero-order valence-electron chi connectivity index (χ0n) is 15.1. The third kappa shape index (κ3) is 5.47. The molecule has 21 heavy (non-hydrogen) atoms. The fraction of sp³-hybridized carbons (Fsp3) is 0.700. The minimum atomic E-state index is 0.620. The van der Waals surface area contributed by atoms with E-state index in [2.05, 4.69) is 59.0 Å². The van der Waals surface area contributed by atoms with Crippen LogP contribution in [0.1, 0.15) is 68.7 Å². The molecule has 1 aromatic carbocycles. The number of rotatable bonds is 9.